The third kappa shape index (κ3) is 3.96. The second-order valence-corrected chi connectivity index (χ2v) is 5.85. The number of benzene rings is 1. The molecule has 0 fully saturated rings. The number of carboxylic acids is 1. The van der Waals surface area contributed by atoms with Crippen molar-refractivity contribution >= 4 is 17.3 Å². The van der Waals surface area contributed by atoms with Crippen molar-refractivity contribution in [3.05, 3.63) is 29.3 Å². The van der Waals surface area contributed by atoms with E-state index in [1.807, 2.05) is 20.2 Å². The van der Waals surface area contributed by atoms with Gasteiger partial charge in [0, 0.05) is 11.4 Å². The maximum absolute atomic E-state index is 10.9. The first-order valence-electron chi connectivity index (χ1n) is 6.78. The van der Waals surface area contributed by atoms with E-state index in [9.17, 15) is 9.90 Å². The number of likely N-dealkylation sites (N-methyl/N-ethyl adjacent to an activating group) is 1. The number of aromatic nitrogens is 1. The van der Waals surface area contributed by atoms with Gasteiger partial charge in [0.1, 0.15) is 29.7 Å². The number of carboxylic acid groups (broad SMARTS) is 1. The van der Waals surface area contributed by atoms with Gasteiger partial charge in [0.05, 0.1) is 38.4 Å². The van der Waals surface area contributed by atoms with Crippen molar-refractivity contribution in [3.63, 3.8) is 0 Å². The van der Waals surface area contributed by atoms with Crippen molar-refractivity contribution in [2.75, 3.05) is 34.4 Å². The van der Waals surface area contributed by atoms with Gasteiger partial charge in [-0.25, -0.2) is 4.98 Å². The fourth-order valence-corrected chi connectivity index (χ4v) is 2.60. The molecular weight excluding hydrogens is 304 g/mol. The molecule has 2 rings (SSSR count). The molecule has 118 valence electrons. The fourth-order valence-electron chi connectivity index (χ4n) is 1.78. The minimum Gasteiger partial charge on any atom is -0.543 e. The van der Waals surface area contributed by atoms with Crippen LogP contribution in [0.2, 0.25) is 0 Å². The molecule has 1 N–H and O–H groups in total. The average molecular weight is 322 g/mol. The Morgan fingerprint density at radius 3 is 2.77 bits per heavy atom. The van der Waals surface area contributed by atoms with E-state index >= 15 is 0 Å². The molecule has 2 aromatic rings. The Kier molecular flexibility index (Phi) is 5.35. The number of hydrogen-bond acceptors (Lipinski definition) is 6. The number of thiazole rings is 1. The first kappa shape index (κ1) is 16.3. The number of ether oxygens (including phenoxy) is 2. The van der Waals surface area contributed by atoms with E-state index in [1.54, 1.807) is 19.2 Å². The van der Waals surface area contributed by atoms with Gasteiger partial charge in [-0.05, 0) is 12.1 Å². The highest BCUT2D eigenvalue weighted by Crippen LogP contribution is 2.35. The second-order valence-electron chi connectivity index (χ2n) is 4.99. The summed E-state index contributed by atoms with van der Waals surface area (Å²) in [6.45, 7) is 1.39. The molecule has 0 atom stereocenters. The van der Waals surface area contributed by atoms with E-state index in [2.05, 4.69) is 4.98 Å². The summed E-state index contributed by atoms with van der Waals surface area (Å²) in [6.07, 6.45) is 0. The summed E-state index contributed by atoms with van der Waals surface area (Å²) < 4.78 is 11.0. The molecular formula is C15H18N2O4S. The number of carbonyl (C=O) groups is 1. The highest BCUT2D eigenvalue weighted by Gasteiger charge is 2.13. The van der Waals surface area contributed by atoms with Crippen LogP contribution in [-0.4, -0.2) is 45.3 Å². The summed E-state index contributed by atoms with van der Waals surface area (Å²) in [5.74, 6) is 0.0159. The smallest absolute Gasteiger partial charge is 0.137 e. The molecule has 0 aliphatic carbocycles. The third-order valence-electron chi connectivity index (χ3n) is 2.99. The van der Waals surface area contributed by atoms with Crippen molar-refractivity contribution < 1.29 is 24.3 Å². The Balaban J connectivity index is 2.29. The summed E-state index contributed by atoms with van der Waals surface area (Å²) in [7, 11) is 5.67. The topological polar surface area (TPSA) is 75.9 Å². The SMILES string of the molecule is COc1ccc(-c2nc(C(=O)[O-])cs2)c(OCC[NH+](C)C)c1. The van der Waals surface area contributed by atoms with Gasteiger partial charge in [0.2, 0.25) is 0 Å². The molecule has 6 nitrogen and oxygen atoms in total. The molecule has 0 aliphatic heterocycles. The quantitative estimate of drug-likeness (QED) is 0.758. The number of methoxy groups -OCH3 is 1. The summed E-state index contributed by atoms with van der Waals surface area (Å²) in [5, 5.41) is 12.9. The number of nitrogens with zero attached hydrogens (tertiary/aromatic N) is 1. The van der Waals surface area contributed by atoms with Crippen LogP contribution in [0.4, 0.5) is 0 Å². The van der Waals surface area contributed by atoms with Gasteiger partial charge in [-0.2, -0.15) is 0 Å². The monoisotopic (exact) mass is 322 g/mol. The number of carbonyl (C=O) groups excluding carboxylic acids is 1. The predicted molar refractivity (Wildman–Crippen MR) is 81.6 cm³/mol. The molecule has 22 heavy (non-hydrogen) atoms. The van der Waals surface area contributed by atoms with Crippen LogP contribution in [0.25, 0.3) is 10.6 Å². The zero-order chi connectivity index (χ0) is 16.1. The van der Waals surface area contributed by atoms with Crippen LogP contribution in [0.15, 0.2) is 23.6 Å². The van der Waals surface area contributed by atoms with Gasteiger partial charge < -0.3 is 24.3 Å². The maximum Gasteiger partial charge on any atom is 0.137 e. The average Bonchev–Trinajstić information content (AvgIpc) is 2.96. The van der Waals surface area contributed by atoms with Gasteiger partial charge >= 0.3 is 0 Å². The summed E-state index contributed by atoms with van der Waals surface area (Å²) >= 11 is 1.24. The van der Waals surface area contributed by atoms with Gasteiger partial charge in [-0.3, -0.25) is 0 Å². The van der Waals surface area contributed by atoms with Crippen LogP contribution < -0.4 is 19.5 Å². The highest BCUT2D eigenvalue weighted by atomic mass is 32.1. The molecule has 0 saturated carbocycles. The van der Waals surface area contributed by atoms with Crippen LogP contribution in [-0.2, 0) is 0 Å². The van der Waals surface area contributed by atoms with Gasteiger partial charge in [0.15, 0.2) is 0 Å². The normalized spacial score (nSPS) is 10.7. The van der Waals surface area contributed by atoms with Crippen molar-refractivity contribution in [1.29, 1.82) is 0 Å². The molecule has 0 radical (unpaired) electrons. The van der Waals surface area contributed by atoms with E-state index < -0.39 is 5.97 Å². The maximum atomic E-state index is 10.9. The Morgan fingerprint density at radius 2 is 2.18 bits per heavy atom. The Labute approximate surface area is 132 Å². The van der Waals surface area contributed by atoms with Crippen LogP contribution in [0.3, 0.4) is 0 Å². The zero-order valence-corrected chi connectivity index (χ0v) is 13.5. The van der Waals surface area contributed by atoms with Gasteiger partial charge in [0.25, 0.3) is 0 Å². The third-order valence-corrected chi connectivity index (χ3v) is 3.87. The number of nitrogens with one attached hydrogen (secondary N) is 1. The Hall–Kier alpha value is -2.12. The standard InChI is InChI=1S/C15H18N2O4S/c1-17(2)6-7-21-13-8-10(20-3)4-5-11(13)14-16-12(9-22-14)15(18)19/h4-5,8-9H,6-7H2,1-3H3,(H,18,19). The van der Waals surface area contributed by atoms with E-state index in [0.717, 1.165) is 12.1 Å². The molecule has 1 heterocycles. The first-order chi connectivity index (χ1) is 10.5. The fraction of sp³-hybridized carbons (Fsp3) is 0.333. The van der Waals surface area contributed by atoms with Crippen LogP contribution >= 0.6 is 11.3 Å². The number of hydrogen-bond donors (Lipinski definition) is 1. The second kappa shape index (κ2) is 7.24. The number of aromatic carboxylic acids is 1. The van der Waals surface area contributed by atoms with Crippen LogP contribution in [0.5, 0.6) is 11.5 Å². The zero-order valence-electron chi connectivity index (χ0n) is 12.7. The summed E-state index contributed by atoms with van der Waals surface area (Å²) in [5.41, 5.74) is 0.673. The molecule has 7 heteroatoms. The van der Waals surface area contributed by atoms with Crippen molar-refractivity contribution in [2.45, 2.75) is 0 Å². The first-order valence-corrected chi connectivity index (χ1v) is 7.66. The molecule has 0 saturated heterocycles. The van der Waals surface area contributed by atoms with Crippen LogP contribution in [0, 0.1) is 0 Å². The lowest BCUT2D eigenvalue weighted by Crippen LogP contribution is -3.06. The molecule has 1 aromatic carbocycles. The lowest BCUT2D eigenvalue weighted by Gasteiger charge is -2.13. The van der Waals surface area contributed by atoms with Crippen molar-refractivity contribution in [1.82, 2.24) is 4.98 Å². The molecule has 0 unspecified atom stereocenters. The van der Waals surface area contributed by atoms with Crippen LogP contribution in [0.1, 0.15) is 10.5 Å². The number of rotatable bonds is 7. The van der Waals surface area contributed by atoms with Crippen molar-refractivity contribution in [2.24, 2.45) is 0 Å². The summed E-state index contributed by atoms with van der Waals surface area (Å²) in [6, 6.07) is 5.38. The minimum absolute atomic E-state index is 0.0699. The van der Waals surface area contributed by atoms with E-state index in [0.29, 0.717) is 23.1 Å². The summed E-state index contributed by atoms with van der Waals surface area (Å²) in [4.78, 5) is 16.2. The highest BCUT2D eigenvalue weighted by molar-refractivity contribution is 7.13. The molecule has 0 aliphatic rings. The van der Waals surface area contributed by atoms with E-state index in [4.69, 9.17) is 9.47 Å². The van der Waals surface area contributed by atoms with E-state index in [1.165, 1.54) is 21.6 Å². The minimum atomic E-state index is -1.28. The lowest BCUT2D eigenvalue weighted by atomic mass is 10.2. The molecule has 0 spiro atoms. The lowest BCUT2D eigenvalue weighted by molar-refractivity contribution is -0.858. The van der Waals surface area contributed by atoms with Gasteiger partial charge in [-0.1, -0.05) is 0 Å². The van der Waals surface area contributed by atoms with E-state index in [-0.39, 0.29) is 5.69 Å². The van der Waals surface area contributed by atoms with Gasteiger partial charge in [-0.15, -0.1) is 11.3 Å². The molecule has 0 amide bonds. The van der Waals surface area contributed by atoms with Crippen molar-refractivity contribution in [3.8, 4) is 22.1 Å². The number of quaternary nitrogens is 1. The Bertz CT molecular complexity index is 655. The Morgan fingerprint density at radius 1 is 1.41 bits per heavy atom. The predicted octanol–water partition coefficient (Wildman–Crippen LogP) is -0.294. The molecule has 1 aromatic heterocycles. The molecule has 0 bridgehead atoms. The largest absolute Gasteiger partial charge is 0.543 e.